The Morgan fingerprint density at radius 3 is 2.57 bits per heavy atom. The number of nitrogen functional groups attached to an aromatic ring is 1. The molecule has 4 rings (SSSR count). The lowest BCUT2D eigenvalue weighted by molar-refractivity contribution is -0.129. The average molecular weight is 494 g/mol. The van der Waals surface area contributed by atoms with E-state index in [0.29, 0.717) is 40.8 Å². The number of pyridine rings is 1. The minimum Gasteiger partial charge on any atom is -0.364 e. The number of nitrogens with one attached hydrogen (secondary N) is 1. The zero-order chi connectivity index (χ0) is 25.1. The summed E-state index contributed by atoms with van der Waals surface area (Å²) >= 11 is 5.93. The standard InChI is InChI=1S/C24H24ClN7O3/c1-2-19(33)31-12-4-3-5-17(31)23-30-20(21(22(26)34)32(23)27)14-6-8-15(9-7-14)24(35)29-18-13-16(25)10-11-28-18/h2,6-11,13,17H,1,3-5,12,27H2,(H2,26,34)(H,28,29,35). The number of carbonyl (C=O) groups is 3. The summed E-state index contributed by atoms with van der Waals surface area (Å²) in [6.45, 7) is 4.11. The molecule has 0 bridgehead atoms. The number of piperidine rings is 1. The minimum absolute atomic E-state index is 0.0110. The third kappa shape index (κ3) is 4.87. The Morgan fingerprint density at radius 1 is 1.17 bits per heavy atom. The molecule has 1 aliphatic heterocycles. The van der Waals surface area contributed by atoms with Crippen molar-refractivity contribution in [3.05, 3.63) is 77.4 Å². The molecule has 3 amide bonds. The van der Waals surface area contributed by atoms with Crippen LogP contribution in [0.15, 0.2) is 55.3 Å². The highest BCUT2D eigenvalue weighted by Crippen LogP contribution is 2.33. The maximum absolute atomic E-state index is 12.6. The van der Waals surface area contributed by atoms with Gasteiger partial charge in [-0.2, -0.15) is 0 Å². The molecule has 0 radical (unpaired) electrons. The van der Waals surface area contributed by atoms with Crippen LogP contribution in [0, 0.1) is 0 Å². The van der Waals surface area contributed by atoms with E-state index in [4.69, 9.17) is 23.2 Å². The third-order valence-corrected chi connectivity index (χ3v) is 6.05. The van der Waals surface area contributed by atoms with Gasteiger partial charge in [0.25, 0.3) is 11.8 Å². The van der Waals surface area contributed by atoms with Crippen LogP contribution in [0.4, 0.5) is 5.82 Å². The van der Waals surface area contributed by atoms with Crippen LogP contribution < -0.4 is 16.9 Å². The van der Waals surface area contributed by atoms with Crippen LogP contribution in [0.2, 0.25) is 5.02 Å². The summed E-state index contributed by atoms with van der Waals surface area (Å²) in [5.74, 6) is 5.57. The summed E-state index contributed by atoms with van der Waals surface area (Å²) in [5.41, 5.74) is 6.82. The van der Waals surface area contributed by atoms with Crippen molar-refractivity contribution >= 4 is 35.1 Å². The first-order valence-electron chi connectivity index (χ1n) is 10.9. The molecule has 1 fully saturated rings. The number of primary amides is 1. The second-order valence-corrected chi connectivity index (χ2v) is 8.48. The lowest BCUT2D eigenvalue weighted by Crippen LogP contribution is -2.39. The van der Waals surface area contributed by atoms with Gasteiger partial charge in [0.2, 0.25) is 5.91 Å². The largest absolute Gasteiger partial charge is 0.364 e. The van der Waals surface area contributed by atoms with Crippen LogP contribution >= 0.6 is 11.6 Å². The number of benzene rings is 1. The summed E-state index contributed by atoms with van der Waals surface area (Å²) in [4.78, 5) is 47.6. The molecule has 1 aromatic carbocycles. The van der Waals surface area contributed by atoms with Gasteiger partial charge in [-0.05, 0) is 49.6 Å². The van der Waals surface area contributed by atoms with E-state index < -0.39 is 11.9 Å². The fourth-order valence-corrected chi connectivity index (χ4v) is 4.30. The number of amides is 3. The number of hydrogen-bond donors (Lipinski definition) is 3. The quantitative estimate of drug-likeness (QED) is 0.355. The number of nitrogens with two attached hydrogens (primary N) is 2. The molecule has 180 valence electrons. The molecule has 0 spiro atoms. The van der Waals surface area contributed by atoms with Crippen molar-refractivity contribution in [2.45, 2.75) is 25.3 Å². The molecule has 1 unspecified atom stereocenters. The molecule has 35 heavy (non-hydrogen) atoms. The van der Waals surface area contributed by atoms with Gasteiger partial charge in [0.1, 0.15) is 11.5 Å². The first-order chi connectivity index (χ1) is 16.8. The summed E-state index contributed by atoms with van der Waals surface area (Å²) in [5, 5.41) is 3.12. The number of nitrogens with zero attached hydrogens (tertiary/aromatic N) is 4. The Balaban J connectivity index is 1.65. The topological polar surface area (TPSA) is 149 Å². The zero-order valence-electron chi connectivity index (χ0n) is 18.8. The number of anilines is 1. The maximum Gasteiger partial charge on any atom is 0.269 e. The van der Waals surface area contributed by atoms with Gasteiger partial charge in [0, 0.05) is 28.9 Å². The second kappa shape index (κ2) is 9.98. The predicted octanol–water partition coefficient (Wildman–Crippen LogP) is 2.90. The summed E-state index contributed by atoms with van der Waals surface area (Å²) < 4.78 is 1.16. The summed E-state index contributed by atoms with van der Waals surface area (Å²) in [6.07, 6.45) is 5.11. The predicted molar refractivity (Wildman–Crippen MR) is 132 cm³/mol. The van der Waals surface area contributed by atoms with Gasteiger partial charge < -0.3 is 21.8 Å². The van der Waals surface area contributed by atoms with E-state index in [9.17, 15) is 14.4 Å². The highest BCUT2D eigenvalue weighted by molar-refractivity contribution is 6.30. The van der Waals surface area contributed by atoms with Gasteiger partial charge in [-0.3, -0.25) is 14.4 Å². The van der Waals surface area contributed by atoms with E-state index in [1.807, 2.05) is 0 Å². The smallest absolute Gasteiger partial charge is 0.269 e. The molecule has 2 aromatic heterocycles. The van der Waals surface area contributed by atoms with Crippen molar-refractivity contribution in [3.63, 3.8) is 0 Å². The molecular weight excluding hydrogens is 470 g/mol. The van der Waals surface area contributed by atoms with E-state index in [0.717, 1.165) is 17.5 Å². The number of hydrogen-bond acceptors (Lipinski definition) is 6. The first-order valence-corrected chi connectivity index (χ1v) is 11.3. The molecular formula is C24H24ClN7O3. The van der Waals surface area contributed by atoms with Crippen molar-refractivity contribution in [2.24, 2.45) is 5.73 Å². The van der Waals surface area contributed by atoms with Crippen LogP contribution in [0.1, 0.15) is 52.0 Å². The monoisotopic (exact) mass is 493 g/mol. The highest BCUT2D eigenvalue weighted by atomic mass is 35.5. The van der Waals surface area contributed by atoms with Crippen LogP contribution in [0.3, 0.4) is 0 Å². The number of likely N-dealkylation sites (tertiary alicyclic amines) is 1. The van der Waals surface area contributed by atoms with E-state index in [-0.39, 0.29) is 23.2 Å². The van der Waals surface area contributed by atoms with Crippen LogP contribution in [-0.4, -0.2) is 43.8 Å². The Labute approximate surface area is 206 Å². The summed E-state index contributed by atoms with van der Waals surface area (Å²) in [6, 6.07) is 9.19. The average Bonchev–Trinajstić information content (AvgIpc) is 3.20. The van der Waals surface area contributed by atoms with Gasteiger partial charge in [-0.25, -0.2) is 14.6 Å². The Morgan fingerprint density at radius 2 is 1.91 bits per heavy atom. The van der Waals surface area contributed by atoms with Crippen molar-refractivity contribution in [3.8, 4) is 11.3 Å². The van der Waals surface area contributed by atoms with E-state index in [2.05, 4.69) is 21.9 Å². The Kier molecular flexibility index (Phi) is 6.83. The third-order valence-electron chi connectivity index (χ3n) is 5.81. The van der Waals surface area contributed by atoms with E-state index >= 15 is 0 Å². The first kappa shape index (κ1) is 24.0. The molecule has 10 nitrogen and oxygen atoms in total. The Bertz CT molecular complexity index is 1300. The van der Waals surface area contributed by atoms with E-state index in [1.54, 1.807) is 35.2 Å². The summed E-state index contributed by atoms with van der Waals surface area (Å²) in [7, 11) is 0. The molecule has 5 N–H and O–H groups in total. The fraction of sp³-hybridized carbons (Fsp3) is 0.208. The minimum atomic E-state index is -0.757. The van der Waals surface area contributed by atoms with Crippen molar-refractivity contribution in [1.82, 2.24) is 19.5 Å². The molecule has 11 heteroatoms. The molecule has 1 aliphatic rings. The van der Waals surface area contributed by atoms with Gasteiger partial charge in [-0.1, -0.05) is 30.3 Å². The number of imidazole rings is 1. The fourth-order valence-electron chi connectivity index (χ4n) is 4.14. The number of rotatable bonds is 6. The van der Waals surface area contributed by atoms with Crippen molar-refractivity contribution in [1.29, 1.82) is 0 Å². The lowest BCUT2D eigenvalue weighted by atomic mass is 10.0. The highest BCUT2D eigenvalue weighted by Gasteiger charge is 2.33. The van der Waals surface area contributed by atoms with Gasteiger partial charge in [0.15, 0.2) is 11.5 Å². The molecule has 3 heterocycles. The van der Waals surface area contributed by atoms with Gasteiger partial charge >= 0.3 is 0 Å². The van der Waals surface area contributed by atoms with Gasteiger partial charge in [-0.15, -0.1) is 0 Å². The SMILES string of the molecule is C=CC(=O)N1CCCCC1c1nc(-c2ccc(C(=O)Nc3cc(Cl)ccn3)cc2)c(C(N)=O)n1N. The molecule has 1 atom stereocenters. The van der Waals surface area contributed by atoms with Crippen LogP contribution in [0.5, 0.6) is 0 Å². The zero-order valence-corrected chi connectivity index (χ0v) is 19.5. The van der Waals surface area contributed by atoms with Crippen LogP contribution in [0.25, 0.3) is 11.3 Å². The number of carbonyl (C=O) groups excluding carboxylic acids is 3. The van der Waals surface area contributed by atoms with Gasteiger partial charge in [0.05, 0.1) is 6.04 Å². The molecule has 1 saturated heterocycles. The normalized spacial score (nSPS) is 15.5. The molecule has 3 aromatic rings. The molecule has 0 saturated carbocycles. The number of halogens is 1. The lowest BCUT2D eigenvalue weighted by Gasteiger charge is -2.34. The maximum atomic E-state index is 12.6. The van der Waals surface area contributed by atoms with Crippen molar-refractivity contribution in [2.75, 3.05) is 17.7 Å². The second-order valence-electron chi connectivity index (χ2n) is 8.04. The van der Waals surface area contributed by atoms with Crippen molar-refractivity contribution < 1.29 is 14.4 Å². The van der Waals surface area contributed by atoms with E-state index in [1.165, 1.54) is 18.3 Å². The number of aromatic nitrogens is 3. The Hall–Kier alpha value is -4.18. The van der Waals surface area contributed by atoms with Crippen LogP contribution in [-0.2, 0) is 4.79 Å². The molecule has 0 aliphatic carbocycles.